The zero-order chi connectivity index (χ0) is 21.0. The number of amides is 2. The second-order valence-electron chi connectivity index (χ2n) is 7.32. The fourth-order valence-electron chi connectivity index (χ4n) is 3.35. The van der Waals surface area contributed by atoms with Gasteiger partial charge in [0.15, 0.2) is 0 Å². The molecule has 160 valence electrons. The third-order valence-corrected chi connectivity index (χ3v) is 7.69. The van der Waals surface area contributed by atoms with E-state index in [0.717, 1.165) is 12.8 Å². The van der Waals surface area contributed by atoms with Crippen molar-refractivity contribution in [1.29, 1.82) is 0 Å². The van der Waals surface area contributed by atoms with Crippen LogP contribution in [-0.2, 0) is 19.6 Å². The van der Waals surface area contributed by atoms with Gasteiger partial charge in [-0.2, -0.15) is 0 Å². The molecule has 0 unspecified atom stereocenters. The van der Waals surface area contributed by atoms with Gasteiger partial charge < -0.3 is 20.1 Å². The number of piperidine rings is 1. The molecule has 1 aliphatic carbocycles. The molecule has 1 saturated carbocycles. The van der Waals surface area contributed by atoms with Crippen LogP contribution in [0.25, 0.3) is 0 Å². The number of carbonyl (C=O) groups is 2. The number of rotatable bonds is 7. The van der Waals surface area contributed by atoms with E-state index in [0.29, 0.717) is 49.7 Å². The molecule has 1 aromatic rings. The molecule has 1 aliphatic heterocycles. The molecule has 1 heterocycles. The first-order chi connectivity index (χ1) is 13.8. The summed E-state index contributed by atoms with van der Waals surface area (Å²) in [7, 11) is -0.177. The first kappa shape index (κ1) is 21.4. The molecular formula is C19H27N3O6S. The quantitative estimate of drug-likeness (QED) is 0.629. The number of hydrogen-bond donors (Lipinski definition) is 2. The van der Waals surface area contributed by atoms with Gasteiger partial charge in [0.2, 0.25) is 10.0 Å². The maximum Gasteiger partial charge on any atom is 0.313 e. The van der Waals surface area contributed by atoms with Crippen LogP contribution in [0.2, 0.25) is 0 Å². The molecule has 0 bridgehead atoms. The van der Waals surface area contributed by atoms with E-state index in [4.69, 9.17) is 9.47 Å². The Bertz CT molecular complexity index is 861. The maximum absolute atomic E-state index is 12.3. The van der Waals surface area contributed by atoms with Crippen LogP contribution < -0.4 is 20.1 Å². The summed E-state index contributed by atoms with van der Waals surface area (Å²) in [6, 6.07) is 4.89. The lowest BCUT2D eigenvalue weighted by Gasteiger charge is -2.31. The Hall–Kier alpha value is -2.33. The van der Waals surface area contributed by atoms with Crippen molar-refractivity contribution in [3.63, 3.8) is 0 Å². The molecule has 0 atom stereocenters. The van der Waals surface area contributed by atoms with E-state index in [1.54, 1.807) is 22.5 Å². The summed E-state index contributed by atoms with van der Waals surface area (Å²) < 4.78 is 36.4. The van der Waals surface area contributed by atoms with Crippen molar-refractivity contribution in [3.05, 3.63) is 18.2 Å². The Kier molecular flexibility index (Phi) is 6.63. The number of sulfonamides is 1. The molecular weight excluding hydrogens is 398 g/mol. The van der Waals surface area contributed by atoms with Gasteiger partial charge in [-0.3, -0.25) is 9.59 Å². The fraction of sp³-hybridized carbons (Fsp3) is 0.579. The number of nitrogens with zero attached hydrogens (tertiary/aromatic N) is 1. The minimum atomic E-state index is -3.14. The lowest BCUT2D eigenvalue weighted by atomic mass is 9.98. The topological polar surface area (TPSA) is 114 Å². The average molecular weight is 426 g/mol. The number of carbonyl (C=O) groups excluding carboxylic acids is 2. The third-order valence-electron chi connectivity index (χ3n) is 5.29. The summed E-state index contributed by atoms with van der Waals surface area (Å²) in [5.41, 5.74) is 0.339. The van der Waals surface area contributed by atoms with Crippen molar-refractivity contribution in [2.24, 2.45) is 5.92 Å². The molecule has 9 nitrogen and oxygen atoms in total. The molecule has 2 fully saturated rings. The van der Waals surface area contributed by atoms with Crippen LogP contribution in [0.1, 0.15) is 25.7 Å². The van der Waals surface area contributed by atoms with Gasteiger partial charge in [-0.05, 0) is 43.7 Å². The monoisotopic (exact) mass is 425 g/mol. The van der Waals surface area contributed by atoms with E-state index in [1.165, 1.54) is 14.2 Å². The van der Waals surface area contributed by atoms with Crippen molar-refractivity contribution in [3.8, 4) is 11.5 Å². The first-order valence-electron chi connectivity index (χ1n) is 9.65. The number of benzene rings is 1. The van der Waals surface area contributed by atoms with E-state index in [-0.39, 0.29) is 11.2 Å². The summed E-state index contributed by atoms with van der Waals surface area (Å²) in [6.07, 6.45) is 2.84. The van der Waals surface area contributed by atoms with Gasteiger partial charge in [0.25, 0.3) is 0 Å². The normalized spacial score (nSPS) is 18.1. The Morgan fingerprint density at radius 1 is 1.07 bits per heavy atom. The van der Waals surface area contributed by atoms with Gasteiger partial charge in [0, 0.05) is 25.7 Å². The summed E-state index contributed by atoms with van der Waals surface area (Å²) >= 11 is 0. The predicted octanol–water partition coefficient (Wildman–Crippen LogP) is 0.963. The summed E-state index contributed by atoms with van der Waals surface area (Å²) in [6.45, 7) is 1.26. The number of anilines is 1. The van der Waals surface area contributed by atoms with Gasteiger partial charge in [-0.1, -0.05) is 0 Å². The van der Waals surface area contributed by atoms with Gasteiger partial charge >= 0.3 is 11.8 Å². The van der Waals surface area contributed by atoms with Crippen molar-refractivity contribution in [2.45, 2.75) is 30.9 Å². The van der Waals surface area contributed by atoms with E-state index in [2.05, 4.69) is 10.6 Å². The van der Waals surface area contributed by atoms with E-state index < -0.39 is 21.8 Å². The summed E-state index contributed by atoms with van der Waals surface area (Å²) in [5.74, 6) is -0.470. The maximum atomic E-state index is 12.3. The Labute approximate surface area is 170 Å². The number of hydrogen-bond acceptors (Lipinski definition) is 6. The van der Waals surface area contributed by atoms with Crippen molar-refractivity contribution in [1.82, 2.24) is 9.62 Å². The second-order valence-corrected chi connectivity index (χ2v) is 9.53. The van der Waals surface area contributed by atoms with Crippen LogP contribution in [-0.4, -0.2) is 63.6 Å². The minimum absolute atomic E-state index is 0.142. The first-order valence-corrected chi connectivity index (χ1v) is 11.2. The van der Waals surface area contributed by atoms with Crippen LogP contribution in [0, 0.1) is 5.92 Å². The Morgan fingerprint density at radius 2 is 1.76 bits per heavy atom. The number of ether oxygens (including phenoxy) is 2. The van der Waals surface area contributed by atoms with Crippen LogP contribution in [0.4, 0.5) is 5.69 Å². The average Bonchev–Trinajstić information content (AvgIpc) is 3.58. The second kappa shape index (κ2) is 9.00. The highest BCUT2D eigenvalue weighted by molar-refractivity contribution is 7.90. The predicted molar refractivity (Wildman–Crippen MR) is 107 cm³/mol. The molecule has 2 amide bonds. The fourth-order valence-corrected chi connectivity index (χ4v) is 5.23. The van der Waals surface area contributed by atoms with Crippen LogP contribution in [0.15, 0.2) is 18.2 Å². The molecule has 10 heteroatoms. The van der Waals surface area contributed by atoms with Gasteiger partial charge in [-0.25, -0.2) is 12.7 Å². The SMILES string of the molecule is COc1ccc(OC)c(NC(=O)C(=O)NCC2CCN(S(=O)(=O)C3CC3)CC2)c1. The highest BCUT2D eigenvalue weighted by Gasteiger charge is 2.41. The minimum Gasteiger partial charge on any atom is -0.497 e. The highest BCUT2D eigenvalue weighted by Crippen LogP contribution is 2.33. The number of methoxy groups -OCH3 is 2. The molecule has 2 N–H and O–H groups in total. The molecule has 29 heavy (non-hydrogen) atoms. The third kappa shape index (κ3) is 5.18. The Balaban J connectivity index is 1.47. The standard InChI is InChI=1S/C19H27N3O6S/c1-27-14-3-6-17(28-2)16(11-14)21-19(24)18(23)20-12-13-7-9-22(10-8-13)29(25,26)15-4-5-15/h3,6,11,13,15H,4-5,7-10,12H2,1-2H3,(H,20,23)(H,21,24). The molecule has 0 spiro atoms. The van der Waals surface area contributed by atoms with E-state index in [1.807, 2.05) is 0 Å². The molecule has 1 saturated heterocycles. The molecule has 1 aromatic carbocycles. The van der Waals surface area contributed by atoms with Crippen LogP contribution in [0.5, 0.6) is 11.5 Å². The van der Waals surface area contributed by atoms with Gasteiger partial charge in [-0.15, -0.1) is 0 Å². The largest absolute Gasteiger partial charge is 0.497 e. The lowest BCUT2D eigenvalue weighted by Crippen LogP contribution is -2.44. The van der Waals surface area contributed by atoms with Crippen LogP contribution in [0.3, 0.4) is 0 Å². The number of nitrogens with one attached hydrogen (secondary N) is 2. The van der Waals surface area contributed by atoms with Crippen molar-refractivity contribution >= 4 is 27.5 Å². The Morgan fingerprint density at radius 3 is 2.34 bits per heavy atom. The smallest absolute Gasteiger partial charge is 0.313 e. The molecule has 0 aromatic heterocycles. The molecule has 2 aliphatic rings. The lowest BCUT2D eigenvalue weighted by molar-refractivity contribution is -0.136. The van der Waals surface area contributed by atoms with E-state index >= 15 is 0 Å². The molecule has 0 radical (unpaired) electrons. The van der Waals surface area contributed by atoms with Crippen molar-refractivity contribution < 1.29 is 27.5 Å². The molecule has 3 rings (SSSR count). The van der Waals surface area contributed by atoms with Gasteiger partial charge in [0.1, 0.15) is 11.5 Å². The van der Waals surface area contributed by atoms with Gasteiger partial charge in [0.05, 0.1) is 25.2 Å². The summed E-state index contributed by atoms with van der Waals surface area (Å²) in [5, 5.41) is 4.96. The zero-order valence-electron chi connectivity index (χ0n) is 16.6. The summed E-state index contributed by atoms with van der Waals surface area (Å²) in [4.78, 5) is 24.4. The highest BCUT2D eigenvalue weighted by atomic mass is 32.2. The van der Waals surface area contributed by atoms with E-state index in [9.17, 15) is 18.0 Å². The van der Waals surface area contributed by atoms with Crippen LogP contribution >= 0.6 is 0 Å². The van der Waals surface area contributed by atoms with Crippen molar-refractivity contribution in [2.75, 3.05) is 39.2 Å². The zero-order valence-corrected chi connectivity index (χ0v) is 17.5.